The summed E-state index contributed by atoms with van der Waals surface area (Å²) in [5.41, 5.74) is 5.40. The minimum Gasteiger partial charge on any atom is -0.345 e. The highest BCUT2D eigenvalue weighted by molar-refractivity contribution is 6.30. The zero-order valence-corrected chi connectivity index (χ0v) is 9.51. The van der Waals surface area contributed by atoms with Gasteiger partial charge in [-0.15, -0.1) is 0 Å². The molecule has 15 heavy (non-hydrogen) atoms. The van der Waals surface area contributed by atoms with E-state index in [-0.39, 0.29) is 5.91 Å². The molecule has 0 radical (unpaired) electrons. The van der Waals surface area contributed by atoms with E-state index < -0.39 is 5.54 Å². The molecule has 1 heterocycles. The van der Waals surface area contributed by atoms with E-state index in [9.17, 15) is 4.79 Å². The number of pyridine rings is 1. The molecule has 1 aromatic heterocycles. The van der Waals surface area contributed by atoms with Crippen LogP contribution >= 0.6 is 11.6 Å². The van der Waals surface area contributed by atoms with Gasteiger partial charge in [0.05, 0.1) is 5.02 Å². The van der Waals surface area contributed by atoms with Crippen LogP contribution in [0.5, 0.6) is 0 Å². The molecule has 0 aromatic carbocycles. The van der Waals surface area contributed by atoms with Gasteiger partial charge in [-0.1, -0.05) is 11.6 Å². The molecule has 0 aliphatic rings. The first kappa shape index (κ1) is 11.9. The van der Waals surface area contributed by atoms with Gasteiger partial charge in [-0.05, 0) is 26.0 Å². The van der Waals surface area contributed by atoms with Crippen molar-refractivity contribution in [3.05, 3.63) is 29.0 Å². The Morgan fingerprint density at radius 1 is 1.60 bits per heavy atom. The number of nitrogens with zero attached hydrogens (tertiary/aromatic N) is 1. The SMILES string of the molecule is CC(C)(CN)NC(=O)c1ccc(Cl)cn1. The molecule has 82 valence electrons. The van der Waals surface area contributed by atoms with E-state index >= 15 is 0 Å². The number of amides is 1. The first-order chi connectivity index (χ1) is 6.94. The van der Waals surface area contributed by atoms with Gasteiger partial charge in [0, 0.05) is 18.3 Å². The predicted octanol–water partition coefficient (Wildman–Crippen LogP) is 1.20. The lowest BCUT2D eigenvalue weighted by Crippen LogP contribution is -2.49. The van der Waals surface area contributed by atoms with Gasteiger partial charge < -0.3 is 11.1 Å². The van der Waals surface area contributed by atoms with E-state index in [2.05, 4.69) is 10.3 Å². The topological polar surface area (TPSA) is 68.0 Å². The van der Waals surface area contributed by atoms with Crippen molar-refractivity contribution in [2.24, 2.45) is 5.73 Å². The molecular formula is C10H14ClN3O. The number of hydrogen-bond acceptors (Lipinski definition) is 3. The normalized spacial score (nSPS) is 11.2. The standard InChI is InChI=1S/C10H14ClN3O/c1-10(2,6-12)14-9(15)8-4-3-7(11)5-13-8/h3-5H,6,12H2,1-2H3,(H,14,15). The number of carbonyl (C=O) groups is 1. The van der Waals surface area contributed by atoms with Crippen LogP contribution < -0.4 is 11.1 Å². The smallest absolute Gasteiger partial charge is 0.270 e. The molecule has 4 nitrogen and oxygen atoms in total. The molecule has 0 spiro atoms. The summed E-state index contributed by atoms with van der Waals surface area (Å²) in [5, 5.41) is 3.28. The zero-order valence-electron chi connectivity index (χ0n) is 8.75. The lowest BCUT2D eigenvalue weighted by atomic mass is 10.1. The number of halogens is 1. The van der Waals surface area contributed by atoms with E-state index in [1.54, 1.807) is 12.1 Å². The van der Waals surface area contributed by atoms with E-state index in [0.717, 1.165) is 0 Å². The summed E-state index contributed by atoms with van der Waals surface area (Å²) in [4.78, 5) is 15.6. The summed E-state index contributed by atoms with van der Waals surface area (Å²) < 4.78 is 0. The molecule has 1 rings (SSSR count). The van der Waals surface area contributed by atoms with Gasteiger partial charge in [0.25, 0.3) is 5.91 Å². The maximum Gasteiger partial charge on any atom is 0.270 e. The van der Waals surface area contributed by atoms with Crippen LogP contribution in [-0.4, -0.2) is 23.0 Å². The Morgan fingerprint density at radius 2 is 2.27 bits per heavy atom. The third kappa shape index (κ3) is 3.49. The van der Waals surface area contributed by atoms with Gasteiger partial charge in [-0.3, -0.25) is 4.79 Å². The average Bonchev–Trinajstić information content (AvgIpc) is 2.18. The van der Waals surface area contributed by atoms with Crippen LogP contribution in [0.25, 0.3) is 0 Å². The largest absolute Gasteiger partial charge is 0.345 e. The maximum atomic E-state index is 11.7. The van der Waals surface area contributed by atoms with Gasteiger partial charge >= 0.3 is 0 Å². The fourth-order valence-electron chi connectivity index (χ4n) is 0.933. The number of rotatable bonds is 3. The predicted molar refractivity (Wildman–Crippen MR) is 59.8 cm³/mol. The Hall–Kier alpha value is -1.13. The fourth-order valence-corrected chi connectivity index (χ4v) is 1.04. The van der Waals surface area contributed by atoms with E-state index in [4.69, 9.17) is 17.3 Å². The molecule has 0 saturated carbocycles. The molecule has 3 N–H and O–H groups in total. The van der Waals surface area contributed by atoms with Crippen LogP contribution in [0.3, 0.4) is 0 Å². The second-order valence-electron chi connectivity index (χ2n) is 3.90. The molecule has 0 aliphatic carbocycles. The van der Waals surface area contributed by atoms with Crippen molar-refractivity contribution in [3.63, 3.8) is 0 Å². The van der Waals surface area contributed by atoms with E-state index in [0.29, 0.717) is 17.3 Å². The lowest BCUT2D eigenvalue weighted by molar-refractivity contribution is 0.0910. The molecule has 1 aromatic rings. The van der Waals surface area contributed by atoms with Crippen LogP contribution in [-0.2, 0) is 0 Å². The van der Waals surface area contributed by atoms with E-state index in [1.807, 2.05) is 13.8 Å². The highest BCUT2D eigenvalue weighted by Gasteiger charge is 2.19. The molecule has 0 bridgehead atoms. The Labute approximate surface area is 93.8 Å². The van der Waals surface area contributed by atoms with Crippen molar-refractivity contribution in [2.45, 2.75) is 19.4 Å². The maximum absolute atomic E-state index is 11.7. The monoisotopic (exact) mass is 227 g/mol. The number of nitrogens with one attached hydrogen (secondary N) is 1. The van der Waals surface area contributed by atoms with Crippen LogP contribution in [0, 0.1) is 0 Å². The summed E-state index contributed by atoms with van der Waals surface area (Å²) in [6.07, 6.45) is 1.44. The molecule has 5 heteroatoms. The van der Waals surface area contributed by atoms with Crippen LogP contribution in [0.2, 0.25) is 5.02 Å². The number of hydrogen-bond donors (Lipinski definition) is 2. The average molecular weight is 228 g/mol. The van der Waals surface area contributed by atoms with Gasteiger partial charge in [0.2, 0.25) is 0 Å². The Balaban J connectivity index is 2.74. The van der Waals surface area contributed by atoms with Gasteiger partial charge in [-0.2, -0.15) is 0 Å². The highest BCUT2D eigenvalue weighted by atomic mass is 35.5. The fraction of sp³-hybridized carbons (Fsp3) is 0.400. The third-order valence-electron chi connectivity index (χ3n) is 1.92. The van der Waals surface area contributed by atoms with Crippen LogP contribution in [0.1, 0.15) is 24.3 Å². The highest BCUT2D eigenvalue weighted by Crippen LogP contribution is 2.07. The number of aromatic nitrogens is 1. The first-order valence-corrected chi connectivity index (χ1v) is 4.96. The van der Waals surface area contributed by atoms with Gasteiger partial charge in [-0.25, -0.2) is 4.98 Å². The molecule has 0 saturated heterocycles. The number of nitrogens with two attached hydrogens (primary N) is 1. The van der Waals surface area contributed by atoms with Crippen molar-refractivity contribution in [3.8, 4) is 0 Å². The molecule has 0 aliphatic heterocycles. The quantitative estimate of drug-likeness (QED) is 0.816. The summed E-state index contributed by atoms with van der Waals surface area (Å²) in [5.74, 6) is -0.248. The first-order valence-electron chi connectivity index (χ1n) is 4.59. The second-order valence-corrected chi connectivity index (χ2v) is 4.34. The lowest BCUT2D eigenvalue weighted by Gasteiger charge is -2.23. The Morgan fingerprint density at radius 3 is 2.73 bits per heavy atom. The van der Waals surface area contributed by atoms with Crippen molar-refractivity contribution in [1.82, 2.24) is 10.3 Å². The van der Waals surface area contributed by atoms with Crippen molar-refractivity contribution >= 4 is 17.5 Å². The number of carbonyl (C=O) groups excluding carboxylic acids is 1. The molecule has 0 unspecified atom stereocenters. The molecule has 0 fully saturated rings. The van der Waals surface area contributed by atoms with Gasteiger partial charge in [0.15, 0.2) is 0 Å². The Bertz CT molecular complexity index is 348. The minimum absolute atomic E-state index is 0.248. The van der Waals surface area contributed by atoms with Crippen molar-refractivity contribution in [1.29, 1.82) is 0 Å². The summed E-state index contributed by atoms with van der Waals surface area (Å²) in [7, 11) is 0. The molecular weight excluding hydrogens is 214 g/mol. The summed E-state index contributed by atoms with van der Waals surface area (Å²) in [6.45, 7) is 4.06. The molecule has 0 atom stereocenters. The summed E-state index contributed by atoms with van der Waals surface area (Å²) in [6, 6.07) is 3.20. The minimum atomic E-state index is -0.432. The zero-order chi connectivity index (χ0) is 11.5. The van der Waals surface area contributed by atoms with Crippen LogP contribution in [0.4, 0.5) is 0 Å². The van der Waals surface area contributed by atoms with Crippen molar-refractivity contribution in [2.75, 3.05) is 6.54 Å². The molecule has 1 amide bonds. The van der Waals surface area contributed by atoms with Crippen LogP contribution in [0.15, 0.2) is 18.3 Å². The second kappa shape index (κ2) is 4.59. The van der Waals surface area contributed by atoms with Gasteiger partial charge in [0.1, 0.15) is 5.69 Å². The third-order valence-corrected chi connectivity index (χ3v) is 2.15. The Kier molecular flexibility index (Phi) is 3.66. The van der Waals surface area contributed by atoms with Crippen molar-refractivity contribution < 1.29 is 4.79 Å². The van der Waals surface area contributed by atoms with E-state index in [1.165, 1.54) is 6.20 Å². The summed E-state index contributed by atoms with van der Waals surface area (Å²) >= 11 is 5.66.